The lowest BCUT2D eigenvalue weighted by atomic mass is 10.2. The number of nitrogens with one attached hydrogen (secondary N) is 1. The first kappa shape index (κ1) is 10.1. The lowest BCUT2D eigenvalue weighted by Crippen LogP contribution is -2.11. The summed E-state index contributed by atoms with van der Waals surface area (Å²) in [5.74, 6) is -0.212. The third kappa shape index (κ3) is 1.72. The van der Waals surface area contributed by atoms with Crippen LogP contribution >= 0.6 is 0 Å². The van der Waals surface area contributed by atoms with Crippen molar-refractivity contribution in [3.05, 3.63) is 29.7 Å². The molecule has 2 rings (SSSR count). The van der Waals surface area contributed by atoms with Crippen molar-refractivity contribution in [1.82, 2.24) is 15.1 Å². The van der Waals surface area contributed by atoms with Gasteiger partial charge in [0.1, 0.15) is 5.82 Å². The molecule has 1 aromatic carbocycles. The molecule has 0 aliphatic carbocycles. The van der Waals surface area contributed by atoms with Gasteiger partial charge in [-0.1, -0.05) is 0 Å². The van der Waals surface area contributed by atoms with Gasteiger partial charge in [-0.3, -0.25) is 4.68 Å². The van der Waals surface area contributed by atoms with Crippen LogP contribution in [-0.2, 0) is 13.1 Å². The minimum Gasteiger partial charge on any atom is -0.314 e. The van der Waals surface area contributed by atoms with Crippen LogP contribution in [0.3, 0.4) is 0 Å². The molecule has 0 radical (unpaired) electrons. The quantitative estimate of drug-likeness (QED) is 0.833. The van der Waals surface area contributed by atoms with Crippen LogP contribution in [0, 0.1) is 5.82 Å². The van der Waals surface area contributed by atoms with E-state index in [1.807, 2.05) is 18.7 Å². The summed E-state index contributed by atoms with van der Waals surface area (Å²) in [7, 11) is 1.87. The minimum absolute atomic E-state index is 0.212. The number of rotatable bonds is 3. The number of benzene rings is 1. The zero-order valence-corrected chi connectivity index (χ0v) is 8.92. The Balaban J connectivity index is 2.65. The van der Waals surface area contributed by atoms with Gasteiger partial charge in [-0.25, -0.2) is 4.39 Å². The molecule has 0 aliphatic heterocycles. The molecule has 0 saturated heterocycles. The van der Waals surface area contributed by atoms with Crippen LogP contribution in [0.2, 0.25) is 0 Å². The zero-order chi connectivity index (χ0) is 10.8. The highest BCUT2D eigenvalue weighted by atomic mass is 19.1. The minimum atomic E-state index is -0.212. The van der Waals surface area contributed by atoms with Gasteiger partial charge < -0.3 is 5.32 Å². The van der Waals surface area contributed by atoms with Crippen molar-refractivity contribution >= 4 is 10.9 Å². The zero-order valence-electron chi connectivity index (χ0n) is 8.92. The van der Waals surface area contributed by atoms with Crippen molar-refractivity contribution in [2.45, 2.75) is 20.0 Å². The number of fused-ring (bicyclic) bond motifs is 1. The molecule has 1 N–H and O–H groups in total. The Morgan fingerprint density at radius 1 is 1.47 bits per heavy atom. The Hall–Kier alpha value is -1.42. The predicted octanol–water partition coefficient (Wildman–Crippen LogP) is 1.91. The summed E-state index contributed by atoms with van der Waals surface area (Å²) in [6, 6.07) is 4.70. The highest BCUT2D eigenvalue weighted by Crippen LogP contribution is 2.19. The highest BCUT2D eigenvalue weighted by molar-refractivity contribution is 5.81. The molecular weight excluding hydrogens is 193 g/mol. The van der Waals surface area contributed by atoms with Gasteiger partial charge in [-0.05, 0) is 32.2 Å². The molecule has 0 spiro atoms. The molecule has 1 heterocycles. The van der Waals surface area contributed by atoms with Gasteiger partial charge >= 0.3 is 0 Å². The monoisotopic (exact) mass is 207 g/mol. The maximum atomic E-state index is 13.1. The molecular formula is C11H14FN3. The third-order valence-electron chi connectivity index (χ3n) is 2.45. The summed E-state index contributed by atoms with van der Waals surface area (Å²) in [6.45, 7) is 3.53. The summed E-state index contributed by atoms with van der Waals surface area (Å²) in [6.07, 6.45) is 0. The summed E-state index contributed by atoms with van der Waals surface area (Å²) in [5.41, 5.74) is 1.89. The fraction of sp³-hybridized carbons (Fsp3) is 0.364. The van der Waals surface area contributed by atoms with Crippen LogP contribution in [0.15, 0.2) is 18.2 Å². The van der Waals surface area contributed by atoms with Gasteiger partial charge in [0.05, 0.1) is 11.2 Å². The van der Waals surface area contributed by atoms with Crippen LogP contribution in [0.1, 0.15) is 12.6 Å². The highest BCUT2D eigenvalue weighted by Gasteiger charge is 2.09. The number of aryl methyl sites for hydroxylation is 1. The van der Waals surface area contributed by atoms with Crippen LogP contribution in [-0.4, -0.2) is 16.8 Å². The van der Waals surface area contributed by atoms with Crippen LogP contribution in [0.25, 0.3) is 10.9 Å². The number of hydrogen-bond acceptors (Lipinski definition) is 2. The predicted molar refractivity (Wildman–Crippen MR) is 58.1 cm³/mol. The largest absolute Gasteiger partial charge is 0.314 e. The lowest BCUT2D eigenvalue weighted by molar-refractivity contribution is 0.609. The van der Waals surface area contributed by atoms with Gasteiger partial charge in [0.25, 0.3) is 0 Å². The van der Waals surface area contributed by atoms with Crippen molar-refractivity contribution < 1.29 is 4.39 Å². The third-order valence-corrected chi connectivity index (χ3v) is 2.45. The average Bonchev–Trinajstić information content (AvgIpc) is 2.57. The molecule has 2 aromatic rings. The molecule has 0 aliphatic rings. The Kier molecular flexibility index (Phi) is 2.68. The molecule has 80 valence electrons. The molecule has 0 bridgehead atoms. The molecule has 0 amide bonds. The van der Waals surface area contributed by atoms with E-state index in [4.69, 9.17) is 0 Å². The smallest absolute Gasteiger partial charge is 0.124 e. The van der Waals surface area contributed by atoms with E-state index in [-0.39, 0.29) is 5.82 Å². The van der Waals surface area contributed by atoms with Gasteiger partial charge in [-0.2, -0.15) is 5.10 Å². The fourth-order valence-electron chi connectivity index (χ4n) is 1.77. The number of halogens is 1. The van der Waals surface area contributed by atoms with E-state index < -0.39 is 0 Å². The van der Waals surface area contributed by atoms with E-state index >= 15 is 0 Å². The van der Waals surface area contributed by atoms with E-state index in [9.17, 15) is 4.39 Å². The van der Waals surface area contributed by atoms with Crippen molar-refractivity contribution in [3.63, 3.8) is 0 Å². The van der Waals surface area contributed by atoms with E-state index in [1.54, 1.807) is 12.1 Å². The number of aromatic nitrogens is 2. The maximum absolute atomic E-state index is 13.1. The molecule has 0 saturated carbocycles. The summed E-state index contributed by atoms with van der Waals surface area (Å²) in [4.78, 5) is 0. The molecule has 0 unspecified atom stereocenters. The molecule has 3 nitrogen and oxygen atoms in total. The van der Waals surface area contributed by atoms with E-state index in [2.05, 4.69) is 10.4 Å². The Morgan fingerprint density at radius 2 is 2.27 bits per heavy atom. The van der Waals surface area contributed by atoms with Gasteiger partial charge in [0, 0.05) is 18.5 Å². The second kappa shape index (κ2) is 3.98. The number of hydrogen-bond donors (Lipinski definition) is 1. The first-order valence-electron chi connectivity index (χ1n) is 5.05. The first-order chi connectivity index (χ1) is 7.26. The van der Waals surface area contributed by atoms with Gasteiger partial charge in [0.2, 0.25) is 0 Å². The van der Waals surface area contributed by atoms with Crippen molar-refractivity contribution in [2.75, 3.05) is 7.05 Å². The Bertz CT molecular complexity index is 476. The van der Waals surface area contributed by atoms with Crippen LogP contribution < -0.4 is 5.32 Å². The topological polar surface area (TPSA) is 29.9 Å². The Morgan fingerprint density at radius 3 is 2.93 bits per heavy atom. The SMILES string of the molecule is CCn1nc2ccc(F)cc2c1CNC. The van der Waals surface area contributed by atoms with Crippen LogP contribution in [0.4, 0.5) is 4.39 Å². The molecule has 0 fully saturated rings. The average molecular weight is 207 g/mol. The second-order valence-electron chi connectivity index (χ2n) is 3.45. The van der Waals surface area contributed by atoms with Crippen molar-refractivity contribution in [3.8, 4) is 0 Å². The summed E-state index contributed by atoms with van der Waals surface area (Å²) < 4.78 is 15.0. The second-order valence-corrected chi connectivity index (χ2v) is 3.45. The van der Waals surface area contributed by atoms with E-state index in [0.717, 1.165) is 23.1 Å². The summed E-state index contributed by atoms with van der Waals surface area (Å²) >= 11 is 0. The van der Waals surface area contributed by atoms with E-state index in [0.29, 0.717) is 6.54 Å². The molecule has 0 atom stereocenters. The molecule has 15 heavy (non-hydrogen) atoms. The van der Waals surface area contributed by atoms with E-state index in [1.165, 1.54) is 6.07 Å². The van der Waals surface area contributed by atoms with Crippen LogP contribution in [0.5, 0.6) is 0 Å². The summed E-state index contributed by atoms with van der Waals surface area (Å²) in [5, 5.41) is 8.37. The fourth-order valence-corrected chi connectivity index (χ4v) is 1.77. The first-order valence-corrected chi connectivity index (χ1v) is 5.05. The number of nitrogens with zero attached hydrogens (tertiary/aromatic N) is 2. The molecule has 4 heteroatoms. The van der Waals surface area contributed by atoms with Crippen molar-refractivity contribution in [1.29, 1.82) is 0 Å². The van der Waals surface area contributed by atoms with Gasteiger partial charge in [0.15, 0.2) is 0 Å². The van der Waals surface area contributed by atoms with Crippen molar-refractivity contribution in [2.24, 2.45) is 0 Å². The normalized spacial score (nSPS) is 11.1. The van der Waals surface area contributed by atoms with Gasteiger partial charge in [-0.15, -0.1) is 0 Å². The lowest BCUT2D eigenvalue weighted by Gasteiger charge is -2.03. The molecule has 1 aromatic heterocycles. The maximum Gasteiger partial charge on any atom is 0.124 e. The Labute approximate surface area is 87.9 Å². The standard InChI is InChI=1S/C11H14FN3/c1-3-15-11(7-13-2)9-6-8(12)4-5-10(9)14-15/h4-6,13H,3,7H2,1-2H3.